The number of hydrogen-bond donors (Lipinski definition) is 0. The lowest BCUT2D eigenvalue weighted by molar-refractivity contribution is 0.414. The second-order valence-electron chi connectivity index (χ2n) is 8.49. The highest BCUT2D eigenvalue weighted by molar-refractivity contribution is 7.82. The first kappa shape index (κ1) is 21.5. The van der Waals surface area contributed by atoms with E-state index in [0.29, 0.717) is 0 Å². The summed E-state index contributed by atoms with van der Waals surface area (Å²) in [5, 5.41) is 2.77. The summed E-state index contributed by atoms with van der Waals surface area (Å²) in [5.41, 5.74) is 5.76. The average Bonchev–Trinajstić information content (AvgIpc) is 2.89. The topological polar surface area (TPSA) is 26.3 Å². The Balaban J connectivity index is 1.88. The summed E-state index contributed by atoms with van der Waals surface area (Å²) < 4.78 is 20.9. The van der Waals surface area contributed by atoms with E-state index in [4.69, 9.17) is 4.74 Å². The molecule has 4 aromatic rings. The van der Waals surface area contributed by atoms with E-state index in [1.807, 2.05) is 66.7 Å². The van der Waals surface area contributed by atoms with E-state index in [-0.39, 0.29) is 0 Å². The minimum atomic E-state index is -3.07. The Morgan fingerprint density at radius 1 is 0.727 bits per heavy atom. The predicted molar refractivity (Wildman–Crippen MR) is 138 cm³/mol. The molecule has 0 aromatic heterocycles. The lowest BCUT2D eigenvalue weighted by Gasteiger charge is -2.31. The molecular formula is C30H27O2P. The highest BCUT2D eigenvalue weighted by Gasteiger charge is 2.36. The van der Waals surface area contributed by atoms with Crippen LogP contribution in [0, 0.1) is 6.92 Å². The van der Waals surface area contributed by atoms with Gasteiger partial charge in [-0.1, -0.05) is 96.6 Å². The molecule has 0 saturated carbocycles. The first-order valence-electron chi connectivity index (χ1n) is 11.3. The molecule has 3 heteroatoms. The third-order valence-electron chi connectivity index (χ3n) is 6.47. The average molecular weight is 451 g/mol. The van der Waals surface area contributed by atoms with Gasteiger partial charge in [0.15, 0.2) is 7.14 Å². The van der Waals surface area contributed by atoms with Crippen molar-refractivity contribution in [3.05, 3.63) is 131 Å². The highest BCUT2D eigenvalue weighted by atomic mass is 31.2. The van der Waals surface area contributed by atoms with Gasteiger partial charge in [-0.15, -0.1) is 0 Å². The van der Waals surface area contributed by atoms with Crippen LogP contribution in [0.15, 0.2) is 108 Å². The number of aryl methyl sites for hydroxylation is 2. The minimum absolute atomic E-state index is 0.754. The molecule has 164 valence electrons. The zero-order valence-corrected chi connectivity index (χ0v) is 19.9. The van der Waals surface area contributed by atoms with E-state index in [1.165, 1.54) is 11.1 Å². The van der Waals surface area contributed by atoms with Gasteiger partial charge in [0.05, 0.1) is 7.11 Å². The molecule has 0 N–H and O–H groups in total. The van der Waals surface area contributed by atoms with E-state index in [0.717, 1.165) is 51.2 Å². The van der Waals surface area contributed by atoms with Crippen molar-refractivity contribution >= 4 is 23.3 Å². The Morgan fingerprint density at radius 3 is 1.91 bits per heavy atom. The Bertz CT molecular complexity index is 1310. The SMILES string of the molecule is COc1ccc2c(c1)C(c1ccc(C)cc1)=C(P(=O)(c1ccccc1)c1ccccc1)CC2. The molecule has 1 aliphatic carbocycles. The summed E-state index contributed by atoms with van der Waals surface area (Å²) >= 11 is 0. The summed E-state index contributed by atoms with van der Waals surface area (Å²) in [5.74, 6) is 0.814. The fraction of sp³-hybridized carbons (Fsp3) is 0.133. The molecule has 0 fully saturated rings. The van der Waals surface area contributed by atoms with E-state index >= 15 is 4.57 Å². The highest BCUT2D eigenvalue weighted by Crippen LogP contribution is 2.59. The first-order chi connectivity index (χ1) is 16.1. The standard InChI is InChI=1S/C30H27O2P/c1-22-13-15-24(16-14-22)30-28-21-25(32-2)19-17-23(28)18-20-29(30)33(31,26-9-5-3-6-10-26)27-11-7-4-8-12-27/h3-17,19,21H,18,20H2,1-2H3. The molecule has 0 radical (unpaired) electrons. The molecule has 0 unspecified atom stereocenters. The summed E-state index contributed by atoms with van der Waals surface area (Å²) in [6.45, 7) is 2.09. The molecule has 4 aromatic carbocycles. The fourth-order valence-corrected chi connectivity index (χ4v) is 7.86. The summed E-state index contributed by atoms with van der Waals surface area (Å²) in [7, 11) is -1.38. The van der Waals surface area contributed by atoms with Gasteiger partial charge in [0.1, 0.15) is 5.75 Å². The van der Waals surface area contributed by atoms with Crippen LogP contribution in [-0.2, 0) is 11.0 Å². The maximum atomic E-state index is 15.3. The van der Waals surface area contributed by atoms with Crippen LogP contribution in [0.2, 0.25) is 0 Å². The lowest BCUT2D eigenvalue weighted by atomic mass is 9.86. The van der Waals surface area contributed by atoms with Crippen LogP contribution in [0.1, 0.15) is 28.7 Å². The molecule has 0 heterocycles. The zero-order chi connectivity index (χ0) is 22.8. The molecule has 0 atom stereocenters. The van der Waals surface area contributed by atoms with Gasteiger partial charge in [0, 0.05) is 15.9 Å². The zero-order valence-electron chi connectivity index (χ0n) is 19.0. The summed E-state index contributed by atoms with van der Waals surface area (Å²) in [6, 6.07) is 34.8. The number of hydrogen-bond acceptors (Lipinski definition) is 2. The smallest absolute Gasteiger partial charge is 0.167 e. The minimum Gasteiger partial charge on any atom is -0.497 e. The molecule has 33 heavy (non-hydrogen) atoms. The van der Waals surface area contributed by atoms with Crippen molar-refractivity contribution in [2.24, 2.45) is 0 Å². The Labute approximate surface area is 196 Å². The van der Waals surface area contributed by atoms with Crippen molar-refractivity contribution < 1.29 is 9.30 Å². The first-order valence-corrected chi connectivity index (χ1v) is 13.0. The number of fused-ring (bicyclic) bond motifs is 1. The predicted octanol–water partition coefficient (Wildman–Crippen LogP) is 6.72. The Morgan fingerprint density at radius 2 is 1.33 bits per heavy atom. The van der Waals surface area contributed by atoms with Gasteiger partial charge >= 0.3 is 0 Å². The van der Waals surface area contributed by atoms with Crippen LogP contribution in [0.5, 0.6) is 5.75 Å². The van der Waals surface area contributed by atoms with Crippen molar-refractivity contribution in [1.82, 2.24) is 0 Å². The van der Waals surface area contributed by atoms with Crippen LogP contribution in [0.3, 0.4) is 0 Å². The van der Waals surface area contributed by atoms with Crippen molar-refractivity contribution in [2.45, 2.75) is 19.8 Å². The molecule has 0 spiro atoms. The molecule has 2 nitrogen and oxygen atoms in total. The van der Waals surface area contributed by atoms with Crippen molar-refractivity contribution in [1.29, 1.82) is 0 Å². The second-order valence-corrected chi connectivity index (χ2v) is 11.3. The van der Waals surface area contributed by atoms with Gasteiger partial charge in [0.25, 0.3) is 0 Å². The van der Waals surface area contributed by atoms with Crippen molar-refractivity contribution in [3.8, 4) is 5.75 Å². The normalized spacial score (nSPS) is 13.5. The molecule has 0 amide bonds. The maximum Gasteiger partial charge on any atom is 0.167 e. The fourth-order valence-electron chi connectivity index (χ4n) is 4.76. The van der Waals surface area contributed by atoms with Gasteiger partial charge in [-0.05, 0) is 54.2 Å². The Hall–Kier alpha value is -3.35. The third-order valence-corrected chi connectivity index (χ3v) is 9.72. The quantitative estimate of drug-likeness (QED) is 0.315. The molecular weight excluding hydrogens is 423 g/mol. The van der Waals surface area contributed by atoms with Gasteiger partial charge in [-0.25, -0.2) is 0 Å². The van der Waals surface area contributed by atoms with E-state index < -0.39 is 7.14 Å². The number of allylic oxidation sites excluding steroid dienone is 1. The van der Waals surface area contributed by atoms with Gasteiger partial charge in [-0.3, -0.25) is 0 Å². The number of benzene rings is 4. The van der Waals surface area contributed by atoms with E-state index in [9.17, 15) is 0 Å². The van der Waals surface area contributed by atoms with Crippen LogP contribution in [0.25, 0.3) is 5.57 Å². The van der Waals surface area contributed by atoms with Crippen molar-refractivity contribution in [3.63, 3.8) is 0 Å². The third kappa shape index (κ3) is 3.86. The number of rotatable bonds is 5. The van der Waals surface area contributed by atoms with Crippen LogP contribution < -0.4 is 15.3 Å². The number of methoxy groups -OCH3 is 1. The van der Waals surface area contributed by atoms with Gasteiger partial charge < -0.3 is 9.30 Å². The Kier molecular flexibility index (Phi) is 5.79. The van der Waals surface area contributed by atoms with Gasteiger partial charge in [-0.2, -0.15) is 0 Å². The van der Waals surface area contributed by atoms with E-state index in [2.05, 4.69) is 43.3 Å². The molecule has 0 bridgehead atoms. The molecule has 0 aliphatic heterocycles. The van der Waals surface area contributed by atoms with E-state index in [1.54, 1.807) is 7.11 Å². The second kappa shape index (κ2) is 8.89. The van der Waals surface area contributed by atoms with Crippen molar-refractivity contribution in [2.75, 3.05) is 7.11 Å². The monoisotopic (exact) mass is 450 g/mol. The largest absolute Gasteiger partial charge is 0.497 e. The number of ether oxygens (including phenoxy) is 1. The lowest BCUT2D eigenvalue weighted by Crippen LogP contribution is -2.20. The maximum absolute atomic E-state index is 15.3. The molecule has 1 aliphatic rings. The molecule has 5 rings (SSSR count). The van der Waals surface area contributed by atoms with Crippen LogP contribution >= 0.6 is 7.14 Å². The molecule has 0 saturated heterocycles. The van der Waals surface area contributed by atoms with Crippen LogP contribution in [-0.4, -0.2) is 7.11 Å². The van der Waals surface area contributed by atoms with Gasteiger partial charge in [0.2, 0.25) is 0 Å². The summed E-state index contributed by atoms with van der Waals surface area (Å²) in [6.07, 6.45) is 1.61. The van der Waals surface area contributed by atoms with Crippen LogP contribution in [0.4, 0.5) is 0 Å². The summed E-state index contributed by atoms with van der Waals surface area (Å²) in [4.78, 5) is 0.